The number of carbonyl (C=O) groups is 1. The molecule has 4 aliphatic rings. The third kappa shape index (κ3) is 1.76. The predicted octanol–water partition coefficient (Wildman–Crippen LogP) is 3.85. The Bertz CT molecular complexity index is 646. The topological polar surface area (TPSA) is 61.2 Å². The molecule has 3 nitrogen and oxygen atoms in total. The van der Waals surface area contributed by atoms with E-state index < -0.39 is 17.2 Å². The summed E-state index contributed by atoms with van der Waals surface area (Å²) in [6, 6.07) is 0. The first-order chi connectivity index (χ1) is 11.1. The number of fused-ring (bicyclic) bond motifs is 5. The molecule has 132 valence electrons. The van der Waals surface area contributed by atoms with Crippen LogP contribution in [0.25, 0.3) is 0 Å². The van der Waals surface area contributed by atoms with Gasteiger partial charge in [0.05, 0.1) is 5.60 Å². The lowest BCUT2D eigenvalue weighted by Gasteiger charge is -2.63. The first-order valence-electron chi connectivity index (χ1n) is 9.29. The van der Waals surface area contributed by atoms with E-state index in [0.29, 0.717) is 25.0 Å². The van der Waals surface area contributed by atoms with Gasteiger partial charge >= 0.3 is 0 Å². The largest absolute Gasteiger partial charge is 0.385 e. The molecule has 0 aromatic heterocycles. The molecule has 2 N–H and O–H groups in total. The fourth-order valence-electron chi connectivity index (χ4n) is 6.80. The summed E-state index contributed by atoms with van der Waals surface area (Å²) in [4.78, 5) is 12.4. The molecule has 0 radical (unpaired) electrons. The number of halogens is 1. The molecule has 7 atom stereocenters. The van der Waals surface area contributed by atoms with Gasteiger partial charge in [0.2, 0.25) is 0 Å². The Morgan fingerprint density at radius 2 is 2.00 bits per heavy atom. The second kappa shape index (κ2) is 4.78. The zero-order valence-corrected chi connectivity index (χ0v) is 14.7. The highest BCUT2D eigenvalue weighted by Crippen LogP contribution is 2.67. The maximum absolute atomic E-state index is 14.2. The molecule has 4 rings (SSSR count). The van der Waals surface area contributed by atoms with Crippen LogP contribution in [0.5, 0.6) is 0 Å². The second-order valence-electron chi connectivity index (χ2n) is 9.27. The van der Waals surface area contributed by atoms with E-state index in [1.807, 2.05) is 6.92 Å². The van der Waals surface area contributed by atoms with E-state index in [9.17, 15) is 14.3 Å². The average molecular weight is 333 g/mol. The zero-order chi connectivity index (χ0) is 17.5. The summed E-state index contributed by atoms with van der Waals surface area (Å²) in [6.07, 6.45) is 3.20. The van der Waals surface area contributed by atoms with E-state index in [1.165, 1.54) is 0 Å². The van der Waals surface area contributed by atoms with Crippen LogP contribution < -0.4 is 0 Å². The van der Waals surface area contributed by atoms with Crippen LogP contribution in [0, 0.1) is 34.0 Å². The Morgan fingerprint density at radius 3 is 2.71 bits per heavy atom. The van der Waals surface area contributed by atoms with Gasteiger partial charge in [-0.15, -0.1) is 0 Å². The van der Waals surface area contributed by atoms with Gasteiger partial charge in [-0.3, -0.25) is 4.79 Å². The fraction of sp³-hybridized carbons (Fsp3) is 0.800. The van der Waals surface area contributed by atoms with Crippen LogP contribution in [-0.4, -0.2) is 28.4 Å². The highest BCUT2D eigenvalue weighted by molar-refractivity contribution is 5.91. The summed E-state index contributed by atoms with van der Waals surface area (Å²) < 4.78 is 14.2. The Labute approximate surface area is 143 Å². The molecule has 4 fully saturated rings. The maximum Gasteiger partial charge on any atom is 0.173 e. The van der Waals surface area contributed by atoms with Gasteiger partial charge in [-0.25, -0.2) is 4.39 Å². The third-order valence-corrected chi connectivity index (χ3v) is 8.38. The second-order valence-corrected chi connectivity index (χ2v) is 9.27. The van der Waals surface area contributed by atoms with Crippen LogP contribution in [-0.2, 0) is 4.79 Å². The molecular formula is C20H28FNO2. The van der Waals surface area contributed by atoms with Crippen LogP contribution >= 0.6 is 0 Å². The van der Waals surface area contributed by atoms with Crippen molar-refractivity contribution in [1.82, 2.24) is 0 Å². The van der Waals surface area contributed by atoms with Gasteiger partial charge < -0.3 is 10.5 Å². The first-order valence-corrected chi connectivity index (χ1v) is 9.29. The zero-order valence-electron chi connectivity index (χ0n) is 14.7. The molecule has 0 heterocycles. The van der Waals surface area contributed by atoms with E-state index >= 15 is 0 Å². The average Bonchev–Trinajstić information content (AvgIpc) is 2.75. The number of carbonyl (C=O) groups excluding carboxylic acids is 1. The van der Waals surface area contributed by atoms with E-state index in [-0.39, 0.29) is 29.0 Å². The lowest BCUT2D eigenvalue weighted by Crippen LogP contribution is -2.63. The van der Waals surface area contributed by atoms with Crippen LogP contribution in [0.4, 0.5) is 4.39 Å². The van der Waals surface area contributed by atoms with Crippen molar-refractivity contribution in [3.63, 3.8) is 0 Å². The molecule has 4 heteroatoms. The number of Topliss-reactive ketones (excluding diaryl/α,β-unsaturated/α-hetero) is 1. The van der Waals surface area contributed by atoms with Crippen LogP contribution in [0.2, 0.25) is 0 Å². The molecule has 0 aromatic carbocycles. The van der Waals surface area contributed by atoms with Crippen molar-refractivity contribution < 1.29 is 14.3 Å². The van der Waals surface area contributed by atoms with Gasteiger partial charge in [-0.05, 0) is 61.9 Å². The number of hydrogen-bond donors (Lipinski definition) is 2. The van der Waals surface area contributed by atoms with Gasteiger partial charge in [0, 0.05) is 23.0 Å². The molecule has 24 heavy (non-hydrogen) atoms. The van der Waals surface area contributed by atoms with Crippen LogP contribution in [0.15, 0.2) is 12.2 Å². The minimum absolute atomic E-state index is 0.0678. The van der Waals surface area contributed by atoms with E-state index in [0.717, 1.165) is 31.3 Å². The Morgan fingerprint density at radius 1 is 1.29 bits per heavy atom. The van der Waals surface area contributed by atoms with Crippen molar-refractivity contribution in [2.75, 3.05) is 0 Å². The van der Waals surface area contributed by atoms with Gasteiger partial charge in [-0.1, -0.05) is 20.4 Å². The van der Waals surface area contributed by atoms with Gasteiger partial charge in [0.1, 0.15) is 0 Å². The lowest BCUT2D eigenvalue weighted by molar-refractivity contribution is -0.161. The van der Waals surface area contributed by atoms with Crippen molar-refractivity contribution in [3.05, 3.63) is 12.2 Å². The summed E-state index contributed by atoms with van der Waals surface area (Å²) in [5.41, 5.74) is -0.441. The van der Waals surface area contributed by atoms with Crippen LogP contribution in [0.3, 0.4) is 0 Å². The monoisotopic (exact) mass is 333 g/mol. The van der Waals surface area contributed by atoms with Crippen LogP contribution in [0.1, 0.15) is 58.8 Å². The van der Waals surface area contributed by atoms with Crippen molar-refractivity contribution in [3.8, 4) is 0 Å². The van der Waals surface area contributed by atoms with E-state index in [2.05, 4.69) is 13.5 Å². The molecule has 0 saturated heterocycles. The number of rotatable bonds is 0. The molecule has 0 aromatic rings. The van der Waals surface area contributed by atoms with Crippen molar-refractivity contribution >= 4 is 11.5 Å². The molecular weight excluding hydrogens is 305 g/mol. The quantitative estimate of drug-likeness (QED) is 0.662. The van der Waals surface area contributed by atoms with Gasteiger partial charge in [0.15, 0.2) is 12.0 Å². The van der Waals surface area contributed by atoms with Crippen molar-refractivity contribution in [1.29, 1.82) is 5.41 Å². The molecule has 0 bridgehead atoms. The van der Waals surface area contributed by atoms with Crippen molar-refractivity contribution in [2.24, 2.45) is 28.6 Å². The number of hydrogen-bond acceptors (Lipinski definition) is 3. The Kier molecular flexibility index (Phi) is 3.27. The molecule has 0 amide bonds. The number of nitrogens with one attached hydrogen (secondary N) is 1. The summed E-state index contributed by atoms with van der Waals surface area (Å²) >= 11 is 0. The standard InChI is InChI=1S/C20H28FNO2/c1-11-8-13-14(19(3)7-4-12(22)10-20(11,19)24)5-6-18(2)15(13)9-16(21)17(18)23/h13-16,22,24H,1,4-10H2,2-3H3/t13?,14?,15?,16?,18-,19+,20-/m0/s1. The fourth-order valence-corrected chi connectivity index (χ4v) is 6.80. The van der Waals surface area contributed by atoms with Gasteiger partial charge in [0.25, 0.3) is 0 Å². The molecule has 4 aliphatic carbocycles. The highest BCUT2D eigenvalue weighted by Gasteiger charge is 2.66. The minimum atomic E-state index is -1.32. The van der Waals surface area contributed by atoms with E-state index in [1.54, 1.807) is 0 Å². The Hall–Kier alpha value is -1.03. The third-order valence-electron chi connectivity index (χ3n) is 8.38. The maximum atomic E-state index is 14.2. The summed E-state index contributed by atoms with van der Waals surface area (Å²) in [5.74, 6) is 0.391. The van der Waals surface area contributed by atoms with Gasteiger partial charge in [-0.2, -0.15) is 0 Å². The highest BCUT2D eigenvalue weighted by atomic mass is 19.1. The predicted molar refractivity (Wildman–Crippen MR) is 90.7 cm³/mol. The van der Waals surface area contributed by atoms with E-state index in [4.69, 9.17) is 5.41 Å². The lowest BCUT2D eigenvalue weighted by atomic mass is 9.43. The number of alkyl halides is 1. The number of aliphatic hydroxyl groups is 1. The molecule has 0 spiro atoms. The smallest absolute Gasteiger partial charge is 0.173 e. The minimum Gasteiger partial charge on any atom is -0.385 e. The normalized spacial score (nSPS) is 54.2. The molecule has 4 saturated carbocycles. The summed E-state index contributed by atoms with van der Waals surface area (Å²) in [5, 5.41) is 19.5. The summed E-state index contributed by atoms with van der Waals surface area (Å²) in [7, 11) is 0. The molecule has 4 unspecified atom stereocenters. The Balaban J connectivity index is 1.75. The number of ketones is 1. The SMILES string of the molecule is C=C1CC2C3CC(F)C(=O)[C@@]3(C)CCC2[C@@]2(C)CCC(=N)C[C@]12O. The molecule has 0 aliphatic heterocycles. The summed E-state index contributed by atoms with van der Waals surface area (Å²) in [6.45, 7) is 8.29. The first kappa shape index (κ1) is 16.4. The van der Waals surface area contributed by atoms with Crippen molar-refractivity contribution in [2.45, 2.75) is 70.6 Å².